The molecule has 2 aromatic carbocycles. The minimum absolute atomic E-state index is 0. The van der Waals surface area contributed by atoms with Crippen LogP contribution in [0.1, 0.15) is 166 Å². The molecule has 5 aliphatic rings. The molecule has 5 aliphatic heterocycles. The second-order valence-corrected chi connectivity index (χ2v) is 29.8. The normalized spacial score (nSPS) is 26.6. The number of carbonyl (C=O) groups excluding carboxylic acids is 7. The molecule has 35 heteroatoms. The first kappa shape index (κ1) is 87.2. The molecule has 13 rings (SSSR count). The van der Waals surface area contributed by atoms with Crippen molar-refractivity contribution in [2.24, 2.45) is 41.4 Å². The second kappa shape index (κ2) is 35.5. The number of para-hydroxylation sites is 2. The zero-order valence-electron chi connectivity index (χ0n) is 68.1. The average Bonchev–Trinajstić information content (AvgIpc) is 1.56. The van der Waals surface area contributed by atoms with Gasteiger partial charge in [0.1, 0.15) is 40.4 Å². The molecule has 8 aromatic rings. The lowest BCUT2D eigenvalue weighted by Gasteiger charge is -2.32. The Morgan fingerprint density at radius 2 is 0.974 bits per heavy atom. The number of imidazole rings is 3. The Hall–Kier alpha value is -12.2. The summed E-state index contributed by atoms with van der Waals surface area (Å²) >= 11 is 0. The Morgan fingerprint density at radius 1 is 0.556 bits per heavy atom. The van der Waals surface area contributed by atoms with Gasteiger partial charge in [-0.1, -0.05) is 158 Å². The summed E-state index contributed by atoms with van der Waals surface area (Å²) in [6, 6.07) is 18.0. The first-order chi connectivity index (χ1) is 55.5. The monoisotopic (exact) mass is 1620 g/mol. The summed E-state index contributed by atoms with van der Waals surface area (Å²) in [5.74, 6) is 4.26. The van der Waals surface area contributed by atoms with E-state index in [0.717, 1.165) is 6.42 Å². The first-order valence-electron chi connectivity index (χ1n) is 38.4. The molecular formula is C82H104N16O19. The summed E-state index contributed by atoms with van der Waals surface area (Å²) in [5, 5.41) is 18.5. The number of fused-ring (bicyclic) bond motifs is 5. The molecule has 11 heterocycles. The topological polar surface area (TPSA) is 433 Å². The third-order valence-electron chi connectivity index (χ3n) is 21.6. The van der Waals surface area contributed by atoms with Gasteiger partial charge < -0.3 is 47.7 Å². The predicted octanol–water partition coefficient (Wildman–Crippen LogP) is 10.6. The van der Waals surface area contributed by atoms with Gasteiger partial charge in [-0.05, 0) is 49.9 Å². The number of hydrogen-bond acceptors (Lipinski definition) is 26. The van der Waals surface area contributed by atoms with Crippen molar-refractivity contribution in [3.05, 3.63) is 113 Å². The van der Waals surface area contributed by atoms with Crippen molar-refractivity contribution in [1.82, 2.24) is 58.6 Å². The van der Waals surface area contributed by atoms with Gasteiger partial charge in [0.15, 0.2) is 64.4 Å². The number of hydrogen-bond donors (Lipinski definition) is 6. The highest BCUT2D eigenvalue weighted by Gasteiger charge is 2.63. The maximum absolute atomic E-state index is 13.9. The number of aromatic amines is 2. The summed E-state index contributed by atoms with van der Waals surface area (Å²) in [4.78, 5) is 146. The Kier molecular flexibility index (Phi) is 26.5. The number of aromatic nitrogens is 12. The fourth-order valence-corrected chi connectivity index (χ4v) is 14.5. The molecule has 2 bridgehead atoms. The lowest BCUT2D eigenvalue weighted by atomic mass is 9.85. The number of aliphatic hydroxyl groups is 1. The summed E-state index contributed by atoms with van der Waals surface area (Å²) in [7, 11) is 0. The molecular weight excluding hydrogens is 1510 g/mol. The van der Waals surface area contributed by atoms with E-state index in [1.54, 1.807) is 99.2 Å². The molecule has 0 radical (unpaired) electrons. The number of esters is 3. The number of amides is 4. The summed E-state index contributed by atoms with van der Waals surface area (Å²) in [6.07, 6.45) is 17.1. The molecule has 4 amide bonds. The van der Waals surface area contributed by atoms with E-state index in [9.17, 15) is 48.3 Å². The summed E-state index contributed by atoms with van der Waals surface area (Å²) in [6.45, 7) is 33.5. The number of rotatable bonds is 19. The van der Waals surface area contributed by atoms with E-state index in [2.05, 4.69) is 92.1 Å². The smallest absolute Gasteiger partial charge is 0.425 e. The van der Waals surface area contributed by atoms with E-state index in [0.29, 0.717) is 42.0 Å². The SMILES string of the molecule is C#C[C@]1(CC)OC(OC(C)=O)[C@@H](OC(C)=O)C1C.C#C[C@]1(CC)O[C@@H](n2cnc3c(=O)[nH]c(NC(=O)C(C)C)nc32)[C@@H](O)C1C.C#C[C@]1(CC)O[C@@H](n2cnc3c(OC(=O)N(c4ccccc4)c4ccccc4)nc(NC(=O)C(C)C)nc32)[C@@H](OC(C)=O)C1C.C=C1O[C@H]2C(C)[C@@]1(CC)O[C@H]2n1cnc2c(=O)[nH]c(NC(=O)C(C)C)nc21.[HH].[HH].[HH]. The van der Waals surface area contributed by atoms with Gasteiger partial charge >= 0.3 is 24.0 Å². The molecule has 5 unspecified atom stereocenters. The molecule has 16 atom stereocenters. The van der Waals surface area contributed by atoms with Crippen LogP contribution in [0.2, 0.25) is 0 Å². The highest BCUT2D eigenvalue weighted by Crippen LogP contribution is 2.56. The number of nitrogens with zero attached hydrogens (tertiary/aromatic N) is 11. The molecule has 0 saturated carbocycles. The van der Waals surface area contributed by atoms with Crippen molar-refractivity contribution in [2.75, 3.05) is 20.9 Å². The van der Waals surface area contributed by atoms with E-state index >= 15 is 0 Å². The number of aliphatic hydroxyl groups excluding tert-OH is 1. The third kappa shape index (κ3) is 17.2. The maximum atomic E-state index is 13.9. The van der Waals surface area contributed by atoms with Crippen LogP contribution < -0.4 is 36.7 Å². The lowest BCUT2D eigenvalue weighted by molar-refractivity contribution is -0.199. The van der Waals surface area contributed by atoms with Crippen molar-refractivity contribution in [2.45, 2.75) is 215 Å². The van der Waals surface area contributed by atoms with Crippen LogP contribution in [0.4, 0.5) is 34.0 Å². The predicted molar refractivity (Wildman–Crippen MR) is 433 cm³/mol. The van der Waals surface area contributed by atoms with Crippen molar-refractivity contribution in [3.8, 4) is 42.9 Å². The minimum Gasteiger partial charge on any atom is -0.487 e. The van der Waals surface area contributed by atoms with Crippen LogP contribution in [0, 0.1) is 78.5 Å². The first-order valence-corrected chi connectivity index (χ1v) is 38.4. The number of anilines is 5. The molecule has 6 N–H and O–H groups in total. The second-order valence-electron chi connectivity index (χ2n) is 29.8. The van der Waals surface area contributed by atoms with Gasteiger partial charge in [0.25, 0.3) is 17.0 Å². The number of benzene rings is 2. The Balaban J connectivity index is 0.000000231. The van der Waals surface area contributed by atoms with Crippen LogP contribution in [-0.4, -0.2) is 158 Å². The third-order valence-corrected chi connectivity index (χ3v) is 21.6. The van der Waals surface area contributed by atoms with Crippen LogP contribution in [0.15, 0.2) is 102 Å². The molecule has 5 saturated heterocycles. The Labute approximate surface area is 678 Å². The largest absolute Gasteiger partial charge is 0.487 e. The van der Waals surface area contributed by atoms with E-state index < -0.39 is 101 Å². The molecule has 626 valence electrons. The van der Waals surface area contributed by atoms with E-state index in [1.807, 2.05) is 60.6 Å². The van der Waals surface area contributed by atoms with Crippen molar-refractivity contribution >= 4 is 104 Å². The molecule has 117 heavy (non-hydrogen) atoms. The number of ether oxygens (including phenoxy) is 9. The highest BCUT2D eigenvalue weighted by atomic mass is 16.7. The quantitative estimate of drug-likeness (QED) is 0.0249. The van der Waals surface area contributed by atoms with Crippen LogP contribution in [0.3, 0.4) is 0 Å². The van der Waals surface area contributed by atoms with Gasteiger partial charge in [0, 0.05) is 66.5 Å². The Morgan fingerprint density at radius 3 is 1.42 bits per heavy atom. The molecule has 35 nitrogen and oxygen atoms in total. The van der Waals surface area contributed by atoms with Gasteiger partial charge in [-0.2, -0.15) is 19.9 Å². The van der Waals surface area contributed by atoms with Crippen LogP contribution in [0.25, 0.3) is 33.5 Å². The van der Waals surface area contributed by atoms with Crippen LogP contribution in [0.5, 0.6) is 5.88 Å². The van der Waals surface area contributed by atoms with E-state index in [4.69, 9.17) is 61.9 Å². The Bertz CT molecular complexity index is 5310. The fraction of sp³-hybridized carbons (Fsp3) is 0.488. The summed E-state index contributed by atoms with van der Waals surface area (Å²) in [5.41, 5.74) is -2.14. The van der Waals surface area contributed by atoms with E-state index in [1.165, 1.54) is 49.2 Å². The van der Waals surface area contributed by atoms with Gasteiger partial charge in [-0.3, -0.25) is 78.0 Å². The van der Waals surface area contributed by atoms with Crippen LogP contribution >= 0.6 is 0 Å². The van der Waals surface area contributed by atoms with Gasteiger partial charge in [-0.15, -0.1) is 19.3 Å². The molecule has 6 aromatic heterocycles. The number of terminal acetylenes is 3. The van der Waals surface area contributed by atoms with Gasteiger partial charge in [0.2, 0.25) is 41.9 Å². The van der Waals surface area contributed by atoms with E-state index in [-0.39, 0.29) is 121 Å². The lowest BCUT2D eigenvalue weighted by Crippen LogP contribution is -2.36. The molecule has 0 spiro atoms. The fourth-order valence-electron chi connectivity index (χ4n) is 14.5. The summed E-state index contributed by atoms with van der Waals surface area (Å²) < 4.78 is 56.8. The van der Waals surface area contributed by atoms with Gasteiger partial charge in [0.05, 0.1) is 30.4 Å². The number of H-pyrrole nitrogens is 2. The highest BCUT2D eigenvalue weighted by molar-refractivity contribution is 5.99. The number of nitrogens with one attached hydrogen (secondary N) is 5. The molecule has 0 aliphatic carbocycles. The van der Waals surface area contributed by atoms with Crippen LogP contribution in [-0.2, 0) is 66.7 Å². The van der Waals surface area contributed by atoms with Gasteiger partial charge in [-0.25, -0.2) is 24.6 Å². The maximum Gasteiger partial charge on any atom is 0.425 e. The van der Waals surface area contributed by atoms with Crippen molar-refractivity contribution in [1.29, 1.82) is 0 Å². The number of carbonyl (C=O) groups is 7. The zero-order valence-corrected chi connectivity index (χ0v) is 68.1. The molecule has 5 fully saturated rings. The zero-order chi connectivity index (χ0) is 85.7. The standard InChI is InChI=1S/C33H34N6O6.2C18H23N5O4.C13H18O5.3H2/c1-7-33(8-2)21(5)26(43-22(6)40)30(45-33)38-19-34-25-27(38)35-31(36-28(41)20(3)4)37-29(25)44-32(42)39(23-15-11-9-12-16-23)24-17-13-10-14-18-24;1-6-18-9(4)12(26-10(18)5)16(27-18)23-7-19-11-13(23)20-17(22-15(11)25)21-14(24)8(2)3;1-6-18(7-2)10(5)12(24)16(27-18)23-8-19-11-13(23)20-17(22-15(11)26)21-14(25)9(3)4;1-6-13(7-2)8(3)11(16-9(4)14)12(18-13)17-10(5)15;;;/h1,9-21,26,30H,8H2,2-6H3,(H,35,36,37,41);7-9,12,16H,5-6H2,1-4H3,(H2,20,21,22,24,25);1,8-10,12,16,24H,7H2,2-5H3,(H2,20,21,22,25,26);1,8,11-12H,7H2,2-5H3;3*1H/t21?,26-,30+,33+;9?,12-,16+,18+;10?,12-,16+,18+;8?,11-,12?,13+;;;/m0000.../s1. The average molecular weight is 1620 g/mol. The van der Waals surface area contributed by atoms with Crippen molar-refractivity contribution in [3.63, 3.8) is 0 Å². The minimum atomic E-state index is -1.04. The van der Waals surface area contributed by atoms with Crippen molar-refractivity contribution < 1.29 is 85.6 Å².